The Morgan fingerprint density at radius 3 is 1.02 bits per heavy atom. The highest BCUT2D eigenvalue weighted by atomic mass is 16.3. The van der Waals surface area contributed by atoms with Crippen LogP contribution in [0.3, 0.4) is 0 Å². The Hall–Kier alpha value is -0.870. The fraction of sp³-hybridized carbons (Fsp3) is 0.936. The molecular formula is C47H93NO3. The standard InChI is InChI=1S/C47H93NO3/c1-3-5-7-9-11-13-15-17-19-21-23-25-26-28-30-32-34-36-38-40-42-46(50)45(44-49)48-47(51)43-41-39-37-35-33-31-29-27-24-22-20-18-16-14-12-10-8-6-4-2/h40,42,45-46,49-50H,3-39,41,43-44H2,1-2H3,(H,48,51)/b42-40+. The van der Waals surface area contributed by atoms with E-state index in [4.69, 9.17) is 0 Å². The molecule has 1 amide bonds. The maximum absolute atomic E-state index is 12.4. The molecule has 3 N–H and O–H groups in total. The Kier molecular flexibility index (Phi) is 42.8. The maximum atomic E-state index is 12.4. The summed E-state index contributed by atoms with van der Waals surface area (Å²) >= 11 is 0. The molecule has 0 saturated carbocycles. The number of aliphatic hydroxyl groups excluding tert-OH is 2. The molecule has 0 saturated heterocycles. The Balaban J connectivity index is 3.51. The van der Waals surface area contributed by atoms with Crippen molar-refractivity contribution in [3.8, 4) is 0 Å². The number of hydrogen-bond acceptors (Lipinski definition) is 3. The number of carbonyl (C=O) groups excluding carboxylic acids is 1. The molecule has 51 heavy (non-hydrogen) atoms. The highest BCUT2D eigenvalue weighted by molar-refractivity contribution is 5.76. The van der Waals surface area contributed by atoms with E-state index in [-0.39, 0.29) is 12.5 Å². The molecular weight excluding hydrogens is 627 g/mol. The van der Waals surface area contributed by atoms with Crippen LogP contribution in [0.2, 0.25) is 0 Å². The summed E-state index contributed by atoms with van der Waals surface area (Å²) in [5.41, 5.74) is 0. The van der Waals surface area contributed by atoms with Crippen LogP contribution in [0.4, 0.5) is 0 Å². The number of unbranched alkanes of at least 4 members (excludes halogenated alkanes) is 36. The van der Waals surface area contributed by atoms with Gasteiger partial charge in [0.25, 0.3) is 0 Å². The van der Waals surface area contributed by atoms with E-state index in [0.717, 1.165) is 25.7 Å². The van der Waals surface area contributed by atoms with Crippen molar-refractivity contribution >= 4 is 5.91 Å². The first-order valence-electron chi connectivity index (χ1n) is 23.4. The molecule has 4 nitrogen and oxygen atoms in total. The lowest BCUT2D eigenvalue weighted by molar-refractivity contribution is -0.123. The Morgan fingerprint density at radius 2 is 0.725 bits per heavy atom. The van der Waals surface area contributed by atoms with Gasteiger partial charge >= 0.3 is 0 Å². The van der Waals surface area contributed by atoms with E-state index in [1.807, 2.05) is 6.08 Å². The fourth-order valence-corrected chi connectivity index (χ4v) is 7.42. The van der Waals surface area contributed by atoms with Gasteiger partial charge in [0.05, 0.1) is 18.8 Å². The van der Waals surface area contributed by atoms with Gasteiger partial charge in [-0.2, -0.15) is 0 Å². The van der Waals surface area contributed by atoms with Gasteiger partial charge in [-0.15, -0.1) is 0 Å². The van der Waals surface area contributed by atoms with E-state index < -0.39 is 12.1 Å². The van der Waals surface area contributed by atoms with E-state index in [1.54, 1.807) is 6.08 Å². The van der Waals surface area contributed by atoms with Gasteiger partial charge in [-0.1, -0.05) is 251 Å². The third-order valence-corrected chi connectivity index (χ3v) is 11.0. The van der Waals surface area contributed by atoms with E-state index in [2.05, 4.69) is 19.2 Å². The molecule has 4 heteroatoms. The van der Waals surface area contributed by atoms with Crippen LogP contribution < -0.4 is 5.32 Å². The largest absolute Gasteiger partial charge is 0.394 e. The minimum atomic E-state index is -0.834. The summed E-state index contributed by atoms with van der Waals surface area (Å²) in [6, 6.07) is -0.616. The van der Waals surface area contributed by atoms with Crippen LogP contribution >= 0.6 is 0 Å². The Morgan fingerprint density at radius 1 is 0.451 bits per heavy atom. The lowest BCUT2D eigenvalue weighted by atomic mass is 10.0. The van der Waals surface area contributed by atoms with Gasteiger partial charge in [0.2, 0.25) is 5.91 Å². The molecule has 0 aliphatic carbocycles. The van der Waals surface area contributed by atoms with Crippen molar-refractivity contribution in [3.05, 3.63) is 12.2 Å². The highest BCUT2D eigenvalue weighted by Gasteiger charge is 2.18. The summed E-state index contributed by atoms with van der Waals surface area (Å²) < 4.78 is 0. The van der Waals surface area contributed by atoms with Crippen molar-refractivity contribution in [2.24, 2.45) is 0 Å². The van der Waals surface area contributed by atoms with E-state index in [0.29, 0.717) is 6.42 Å². The second-order valence-corrected chi connectivity index (χ2v) is 16.2. The number of allylic oxidation sites excluding steroid dienone is 1. The monoisotopic (exact) mass is 720 g/mol. The Bertz CT molecular complexity index is 695. The maximum Gasteiger partial charge on any atom is 0.220 e. The molecule has 0 heterocycles. The number of carbonyl (C=O) groups is 1. The van der Waals surface area contributed by atoms with E-state index in [9.17, 15) is 15.0 Å². The molecule has 0 aromatic rings. The zero-order chi connectivity index (χ0) is 37.1. The summed E-state index contributed by atoms with van der Waals surface area (Å²) in [6.45, 7) is 4.34. The van der Waals surface area contributed by atoms with Gasteiger partial charge in [0.15, 0.2) is 0 Å². The molecule has 2 unspecified atom stereocenters. The molecule has 0 aromatic heterocycles. The van der Waals surface area contributed by atoms with Crippen LogP contribution in [0.15, 0.2) is 12.2 Å². The molecule has 0 fully saturated rings. The lowest BCUT2D eigenvalue weighted by Crippen LogP contribution is -2.45. The van der Waals surface area contributed by atoms with Gasteiger partial charge in [-0.25, -0.2) is 0 Å². The van der Waals surface area contributed by atoms with Gasteiger partial charge in [-0.05, 0) is 19.3 Å². The van der Waals surface area contributed by atoms with Crippen molar-refractivity contribution in [2.45, 2.75) is 276 Å². The number of rotatable bonds is 43. The van der Waals surface area contributed by atoms with Gasteiger partial charge in [0, 0.05) is 6.42 Å². The van der Waals surface area contributed by atoms with E-state index >= 15 is 0 Å². The predicted octanol–water partition coefficient (Wildman–Crippen LogP) is 14.6. The van der Waals surface area contributed by atoms with Crippen molar-refractivity contribution in [3.63, 3.8) is 0 Å². The second-order valence-electron chi connectivity index (χ2n) is 16.2. The topological polar surface area (TPSA) is 69.6 Å². The van der Waals surface area contributed by atoms with Crippen LogP contribution in [-0.4, -0.2) is 34.9 Å². The first kappa shape index (κ1) is 50.1. The fourth-order valence-electron chi connectivity index (χ4n) is 7.42. The molecule has 0 radical (unpaired) electrons. The Labute approximate surface area is 320 Å². The van der Waals surface area contributed by atoms with Crippen molar-refractivity contribution in [1.82, 2.24) is 5.32 Å². The van der Waals surface area contributed by atoms with Gasteiger partial charge < -0.3 is 15.5 Å². The van der Waals surface area contributed by atoms with Crippen LogP contribution in [0.1, 0.15) is 264 Å². The third kappa shape index (κ3) is 40.2. The normalized spacial score (nSPS) is 12.9. The number of aliphatic hydroxyl groups is 2. The second kappa shape index (κ2) is 43.5. The van der Waals surface area contributed by atoms with Crippen molar-refractivity contribution in [1.29, 1.82) is 0 Å². The van der Waals surface area contributed by atoms with Crippen LogP contribution in [0, 0.1) is 0 Å². The summed E-state index contributed by atoms with van der Waals surface area (Å²) in [5, 5.41) is 23.1. The quantitative estimate of drug-likeness (QED) is 0.0434. The summed E-state index contributed by atoms with van der Waals surface area (Å²) in [4.78, 5) is 12.4. The minimum absolute atomic E-state index is 0.0584. The molecule has 0 bridgehead atoms. The van der Waals surface area contributed by atoms with Crippen molar-refractivity contribution < 1.29 is 15.0 Å². The summed E-state index contributed by atoms with van der Waals surface area (Å²) in [7, 11) is 0. The molecule has 0 rings (SSSR count). The van der Waals surface area contributed by atoms with E-state index in [1.165, 1.54) is 218 Å². The smallest absolute Gasteiger partial charge is 0.220 e. The zero-order valence-corrected chi connectivity index (χ0v) is 34.9. The number of amides is 1. The number of hydrogen-bond donors (Lipinski definition) is 3. The van der Waals surface area contributed by atoms with Crippen LogP contribution in [-0.2, 0) is 4.79 Å². The predicted molar refractivity (Wildman–Crippen MR) is 226 cm³/mol. The lowest BCUT2D eigenvalue weighted by Gasteiger charge is -2.20. The summed E-state index contributed by atoms with van der Waals surface area (Å²) in [5.74, 6) is -0.0584. The SMILES string of the molecule is CCCCCCCCCCCCCCCCCCCC/C=C/C(O)C(CO)NC(=O)CCCCCCCCCCCCCCCCCCCCC. The molecule has 0 aliphatic heterocycles. The average Bonchev–Trinajstić information content (AvgIpc) is 3.13. The van der Waals surface area contributed by atoms with Gasteiger partial charge in [0.1, 0.15) is 0 Å². The van der Waals surface area contributed by atoms with Crippen LogP contribution in [0.5, 0.6) is 0 Å². The first-order valence-corrected chi connectivity index (χ1v) is 23.4. The van der Waals surface area contributed by atoms with Gasteiger partial charge in [-0.3, -0.25) is 4.79 Å². The first-order chi connectivity index (χ1) is 25.2. The van der Waals surface area contributed by atoms with Crippen molar-refractivity contribution in [2.75, 3.05) is 6.61 Å². The molecule has 304 valence electrons. The molecule has 0 aliphatic rings. The average molecular weight is 720 g/mol. The number of nitrogens with one attached hydrogen (secondary N) is 1. The summed E-state index contributed by atoms with van der Waals surface area (Å²) in [6.07, 6.45) is 54.7. The minimum Gasteiger partial charge on any atom is -0.394 e. The third-order valence-electron chi connectivity index (χ3n) is 11.0. The highest BCUT2D eigenvalue weighted by Crippen LogP contribution is 2.17. The molecule has 0 aromatic carbocycles. The zero-order valence-electron chi connectivity index (χ0n) is 34.9. The molecule has 2 atom stereocenters. The van der Waals surface area contributed by atoms with Crippen LogP contribution in [0.25, 0.3) is 0 Å². The molecule has 0 spiro atoms.